The van der Waals surface area contributed by atoms with E-state index in [1.807, 2.05) is 22.9 Å². The first-order chi connectivity index (χ1) is 11.8. The highest BCUT2D eigenvalue weighted by molar-refractivity contribution is 5.94. The quantitative estimate of drug-likeness (QED) is 0.679. The molecule has 0 aliphatic carbocycles. The molecule has 0 saturated heterocycles. The third kappa shape index (κ3) is 4.42. The number of benzene rings is 1. The molecule has 0 radical (unpaired) electrons. The van der Waals surface area contributed by atoms with E-state index in [-0.39, 0.29) is 5.91 Å². The molecular weight excluding hydrogens is 304 g/mol. The summed E-state index contributed by atoms with van der Waals surface area (Å²) in [5.41, 5.74) is 0.561. The Morgan fingerprint density at radius 1 is 1.17 bits per heavy atom. The summed E-state index contributed by atoms with van der Waals surface area (Å²) in [6, 6.07) is 12.5. The molecule has 6 nitrogen and oxygen atoms in total. The van der Waals surface area contributed by atoms with Crippen LogP contribution in [0.4, 0.5) is 0 Å². The Morgan fingerprint density at radius 3 is 2.92 bits per heavy atom. The first kappa shape index (κ1) is 15.7. The van der Waals surface area contributed by atoms with Gasteiger partial charge in [-0.3, -0.25) is 4.79 Å². The Morgan fingerprint density at radius 2 is 2.12 bits per heavy atom. The highest BCUT2D eigenvalue weighted by atomic mass is 16.5. The minimum Gasteiger partial charge on any atom is -0.439 e. The second-order valence-electron chi connectivity index (χ2n) is 5.21. The molecule has 0 unspecified atom stereocenters. The Bertz CT molecular complexity index is 773. The third-order valence-corrected chi connectivity index (χ3v) is 3.39. The van der Waals surface area contributed by atoms with Crippen LogP contribution in [0.15, 0.2) is 67.4 Å². The van der Waals surface area contributed by atoms with Gasteiger partial charge in [-0.25, -0.2) is 9.97 Å². The molecule has 0 aliphatic rings. The van der Waals surface area contributed by atoms with E-state index in [1.165, 1.54) is 0 Å². The summed E-state index contributed by atoms with van der Waals surface area (Å²) in [7, 11) is 0. The first-order valence-corrected chi connectivity index (χ1v) is 7.74. The molecule has 6 heteroatoms. The van der Waals surface area contributed by atoms with Crippen LogP contribution in [0.1, 0.15) is 16.8 Å². The third-order valence-electron chi connectivity index (χ3n) is 3.39. The van der Waals surface area contributed by atoms with Crippen LogP contribution in [0.3, 0.4) is 0 Å². The Labute approximate surface area is 140 Å². The number of aromatic nitrogens is 3. The van der Waals surface area contributed by atoms with Gasteiger partial charge in [0.15, 0.2) is 0 Å². The van der Waals surface area contributed by atoms with E-state index in [0.717, 1.165) is 13.0 Å². The maximum atomic E-state index is 12.2. The molecule has 0 fully saturated rings. The van der Waals surface area contributed by atoms with Crippen molar-refractivity contribution in [2.75, 3.05) is 6.54 Å². The highest BCUT2D eigenvalue weighted by Gasteiger charge is 2.07. The van der Waals surface area contributed by atoms with Gasteiger partial charge in [0.2, 0.25) is 5.88 Å². The van der Waals surface area contributed by atoms with E-state index in [4.69, 9.17) is 4.74 Å². The molecule has 0 aliphatic heterocycles. The summed E-state index contributed by atoms with van der Waals surface area (Å²) in [6.07, 6.45) is 7.91. The second-order valence-corrected chi connectivity index (χ2v) is 5.21. The van der Waals surface area contributed by atoms with Gasteiger partial charge >= 0.3 is 0 Å². The smallest absolute Gasteiger partial charge is 0.251 e. The van der Waals surface area contributed by atoms with Crippen LogP contribution in [0.5, 0.6) is 11.6 Å². The van der Waals surface area contributed by atoms with E-state index in [1.54, 1.807) is 49.1 Å². The topological polar surface area (TPSA) is 69.0 Å². The SMILES string of the molecule is O=C(NCCCn1ccnc1)c1cccc(Oc2ccccn2)c1. The molecule has 1 amide bonds. The van der Waals surface area contributed by atoms with Gasteiger partial charge in [-0.05, 0) is 30.7 Å². The number of hydrogen-bond acceptors (Lipinski definition) is 4. The van der Waals surface area contributed by atoms with E-state index < -0.39 is 0 Å². The second kappa shape index (κ2) is 7.92. The summed E-state index contributed by atoms with van der Waals surface area (Å²) >= 11 is 0. The lowest BCUT2D eigenvalue weighted by Crippen LogP contribution is -2.25. The van der Waals surface area contributed by atoms with Crippen molar-refractivity contribution < 1.29 is 9.53 Å². The largest absolute Gasteiger partial charge is 0.439 e. The van der Waals surface area contributed by atoms with E-state index in [9.17, 15) is 4.79 Å². The van der Waals surface area contributed by atoms with Gasteiger partial charge in [-0.1, -0.05) is 12.1 Å². The van der Waals surface area contributed by atoms with Crippen LogP contribution in [0.25, 0.3) is 0 Å². The standard InChI is InChI=1S/C18H18N4O2/c23-18(21-9-4-11-22-12-10-19-14-22)15-5-3-6-16(13-15)24-17-7-1-2-8-20-17/h1-3,5-8,10,12-14H,4,9,11H2,(H,21,23). The molecule has 0 bridgehead atoms. The van der Waals surface area contributed by atoms with Crippen molar-refractivity contribution in [2.24, 2.45) is 0 Å². The van der Waals surface area contributed by atoms with Gasteiger partial charge < -0.3 is 14.6 Å². The minimum atomic E-state index is -0.118. The van der Waals surface area contributed by atoms with Gasteiger partial charge in [0, 0.05) is 43.3 Å². The number of amides is 1. The monoisotopic (exact) mass is 322 g/mol. The maximum absolute atomic E-state index is 12.2. The van der Waals surface area contributed by atoms with Crippen LogP contribution in [-0.4, -0.2) is 27.0 Å². The average molecular weight is 322 g/mol. The predicted octanol–water partition coefficient (Wildman–Crippen LogP) is 2.89. The molecule has 0 atom stereocenters. The van der Waals surface area contributed by atoms with Crippen molar-refractivity contribution in [3.8, 4) is 11.6 Å². The highest BCUT2D eigenvalue weighted by Crippen LogP contribution is 2.19. The molecule has 3 aromatic rings. The Kier molecular flexibility index (Phi) is 5.19. The fourth-order valence-corrected chi connectivity index (χ4v) is 2.21. The van der Waals surface area contributed by atoms with Gasteiger partial charge in [0.25, 0.3) is 5.91 Å². The Balaban J connectivity index is 1.52. The molecule has 1 aromatic carbocycles. The summed E-state index contributed by atoms with van der Waals surface area (Å²) in [4.78, 5) is 20.3. The molecule has 2 aromatic heterocycles. The van der Waals surface area contributed by atoms with Gasteiger partial charge in [0.1, 0.15) is 5.75 Å². The normalized spacial score (nSPS) is 10.3. The molecule has 2 heterocycles. The number of nitrogens with one attached hydrogen (secondary N) is 1. The van der Waals surface area contributed by atoms with Crippen LogP contribution >= 0.6 is 0 Å². The maximum Gasteiger partial charge on any atom is 0.251 e. The van der Waals surface area contributed by atoms with Crippen LogP contribution in [0, 0.1) is 0 Å². The fourth-order valence-electron chi connectivity index (χ4n) is 2.21. The zero-order valence-electron chi connectivity index (χ0n) is 13.1. The van der Waals surface area contributed by atoms with Crippen molar-refractivity contribution >= 4 is 5.91 Å². The number of carbonyl (C=O) groups excluding carboxylic acids is 1. The molecular formula is C18H18N4O2. The number of carbonyl (C=O) groups is 1. The lowest BCUT2D eigenvalue weighted by molar-refractivity contribution is 0.0952. The van der Waals surface area contributed by atoms with Crippen molar-refractivity contribution in [1.82, 2.24) is 19.9 Å². The van der Waals surface area contributed by atoms with E-state index in [2.05, 4.69) is 15.3 Å². The lowest BCUT2D eigenvalue weighted by atomic mass is 10.2. The van der Waals surface area contributed by atoms with Crippen molar-refractivity contribution in [2.45, 2.75) is 13.0 Å². The molecule has 0 saturated carbocycles. The molecule has 122 valence electrons. The zero-order chi connectivity index (χ0) is 16.6. The van der Waals surface area contributed by atoms with Crippen LogP contribution in [-0.2, 0) is 6.54 Å². The van der Waals surface area contributed by atoms with Crippen LogP contribution in [0.2, 0.25) is 0 Å². The number of imidazole rings is 1. The first-order valence-electron chi connectivity index (χ1n) is 7.74. The Hall–Kier alpha value is -3.15. The number of nitrogens with zero attached hydrogens (tertiary/aromatic N) is 3. The summed E-state index contributed by atoms with van der Waals surface area (Å²) in [5, 5.41) is 2.91. The molecule has 24 heavy (non-hydrogen) atoms. The number of pyridine rings is 1. The van der Waals surface area contributed by atoms with Gasteiger partial charge in [0.05, 0.1) is 6.33 Å². The number of aryl methyl sites for hydroxylation is 1. The number of hydrogen-bond donors (Lipinski definition) is 1. The molecule has 0 spiro atoms. The molecule has 3 rings (SSSR count). The van der Waals surface area contributed by atoms with Gasteiger partial charge in [-0.2, -0.15) is 0 Å². The average Bonchev–Trinajstić information content (AvgIpc) is 3.13. The number of ether oxygens (including phenoxy) is 1. The van der Waals surface area contributed by atoms with E-state index >= 15 is 0 Å². The van der Waals surface area contributed by atoms with E-state index in [0.29, 0.717) is 23.7 Å². The fraction of sp³-hybridized carbons (Fsp3) is 0.167. The molecule has 1 N–H and O–H groups in total. The summed E-state index contributed by atoms with van der Waals surface area (Å²) in [6.45, 7) is 1.42. The van der Waals surface area contributed by atoms with Crippen molar-refractivity contribution in [3.63, 3.8) is 0 Å². The van der Waals surface area contributed by atoms with Crippen LogP contribution < -0.4 is 10.1 Å². The van der Waals surface area contributed by atoms with Crippen molar-refractivity contribution in [3.05, 3.63) is 72.9 Å². The lowest BCUT2D eigenvalue weighted by Gasteiger charge is -2.08. The minimum absolute atomic E-state index is 0.118. The zero-order valence-corrected chi connectivity index (χ0v) is 13.1. The summed E-state index contributed by atoms with van der Waals surface area (Å²) in [5.74, 6) is 0.960. The predicted molar refractivity (Wildman–Crippen MR) is 89.9 cm³/mol. The van der Waals surface area contributed by atoms with Crippen molar-refractivity contribution in [1.29, 1.82) is 0 Å². The summed E-state index contributed by atoms with van der Waals surface area (Å²) < 4.78 is 7.62. The van der Waals surface area contributed by atoms with Gasteiger partial charge in [-0.15, -0.1) is 0 Å². The number of rotatable bonds is 7.